The van der Waals surface area contributed by atoms with Crippen LogP contribution >= 0.6 is 11.1 Å². The Bertz CT molecular complexity index is 107. The smallest absolute Gasteiger partial charge is 0.154 e. The molecule has 54 valence electrons. The van der Waals surface area contributed by atoms with Crippen molar-refractivity contribution < 1.29 is 0 Å². The molecule has 0 bridgehead atoms. The largest absolute Gasteiger partial charge is 0.167 e. The van der Waals surface area contributed by atoms with E-state index in [1.165, 1.54) is 5.57 Å². The highest BCUT2D eigenvalue weighted by Gasteiger charge is 2.13. The highest BCUT2D eigenvalue weighted by molar-refractivity contribution is 7.19. The second-order valence-corrected chi connectivity index (χ2v) is 10.1. The van der Waals surface area contributed by atoms with Crippen molar-refractivity contribution in [1.29, 1.82) is 0 Å². The number of halogens is 1. The van der Waals surface area contributed by atoms with Crippen LogP contribution in [0.4, 0.5) is 0 Å². The molecule has 0 fully saturated rings. The third-order valence-electron chi connectivity index (χ3n) is 0.996. The second-order valence-electron chi connectivity index (χ2n) is 3.20. The maximum Gasteiger partial charge on any atom is 0.154 e. The lowest BCUT2D eigenvalue weighted by atomic mass is 10.3. The van der Waals surface area contributed by atoms with Crippen molar-refractivity contribution in [3.8, 4) is 0 Å². The molecule has 0 atom stereocenters. The quantitative estimate of drug-likeness (QED) is 0.332. The Morgan fingerprint density at radius 1 is 1.44 bits per heavy atom. The molecule has 0 aromatic rings. The number of hydrogen-bond donors (Lipinski definition) is 0. The van der Waals surface area contributed by atoms with E-state index in [1.807, 2.05) is 0 Å². The highest BCUT2D eigenvalue weighted by atomic mass is 35.6. The predicted molar refractivity (Wildman–Crippen MR) is 47.6 cm³/mol. The lowest BCUT2D eigenvalue weighted by Gasteiger charge is -2.08. The Kier molecular flexibility index (Phi) is 3.52. The van der Waals surface area contributed by atoms with Crippen molar-refractivity contribution in [3.05, 3.63) is 11.6 Å². The van der Waals surface area contributed by atoms with E-state index in [9.17, 15) is 0 Å². The van der Waals surface area contributed by atoms with Gasteiger partial charge >= 0.3 is 0 Å². The van der Waals surface area contributed by atoms with Gasteiger partial charge in [-0.15, -0.1) is 0 Å². The molecule has 0 heterocycles. The highest BCUT2D eigenvalue weighted by Crippen LogP contribution is 2.15. The van der Waals surface area contributed by atoms with E-state index in [0.717, 1.165) is 6.04 Å². The molecule has 0 radical (unpaired) electrons. The standard InChI is InChI=1S/C7H15ClSi/c1-7(2)5-6-9(3,4)8/h5H,6H2,1-4H3. The van der Waals surface area contributed by atoms with Gasteiger partial charge in [0.15, 0.2) is 7.38 Å². The summed E-state index contributed by atoms with van der Waals surface area (Å²) in [6.07, 6.45) is 2.22. The first-order valence-corrected chi connectivity index (χ1v) is 7.46. The minimum Gasteiger partial charge on any atom is -0.167 e. The first kappa shape index (κ1) is 9.25. The summed E-state index contributed by atoms with van der Waals surface area (Å²) in [6, 6.07) is 1.09. The Morgan fingerprint density at radius 2 is 1.89 bits per heavy atom. The van der Waals surface area contributed by atoms with Crippen LogP contribution in [0.2, 0.25) is 19.1 Å². The van der Waals surface area contributed by atoms with Crippen LogP contribution in [0.1, 0.15) is 13.8 Å². The molecule has 0 N–H and O–H groups in total. The summed E-state index contributed by atoms with van der Waals surface area (Å²) < 4.78 is 0. The molecule has 0 aliphatic rings. The molecule has 0 amide bonds. The molecule has 0 aliphatic heterocycles. The van der Waals surface area contributed by atoms with E-state index < -0.39 is 7.38 Å². The maximum atomic E-state index is 6.07. The van der Waals surface area contributed by atoms with Gasteiger partial charge in [0.05, 0.1) is 0 Å². The second kappa shape index (κ2) is 3.42. The van der Waals surface area contributed by atoms with Crippen LogP contribution in [0.15, 0.2) is 11.6 Å². The number of hydrogen-bond acceptors (Lipinski definition) is 0. The Morgan fingerprint density at radius 3 is 2.00 bits per heavy atom. The van der Waals surface area contributed by atoms with Crippen LogP contribution in [0.25, 0.3) is 0 Å². The zero-order valence-electron chi connectivity index (χ0n) is 6.66. The molecule has 0 rings (SSSR count). The summed E-state index contributed by atoms with van der Waals surface area (Å²) >= 11 is 6.07. The fraction of sp³-hybridized carbons (Fsp3) is 0.714. The molecule has 0 aromatic heterocycles. The minimum atomic E-state index is -1.32. The predicted octanol–water partition coefficient (Wildman–Crippen LogP) is 3.40. The van der Waals surface area contributed by atoms with E-state index in [-0.39, 0.29) is 0 Å². The van der Waals surface area contributed by atoms with Gasteiger partial charge in [-0.3, -0.25) is 0 Å². The molecule has 9 heavy (non-hydrogen) atoms. The van der Waals surface area contributed by atoms with Crippen LogP contribution in [0, 0.1) is 0 Å². The third-order valence-corrected chi connectivity index (χ3v) is 2.63. The fourth-order valence-electron chi connectivity index (χ4n) is 0.447. The van der Waals surface area contributed by atoms with Crippen molar-refractivity contribution in [1.82, 2.24) is 0 Å². The molecule has 0 saturated carbocycles. The van der Waals surface area contributed by atoms with Crippen LogP contribution in [-0.2, 0) is 0 Å². The van der Waals surface area contributed by atoms with Gasteiger partial charge in [-0.05, 0) is 19.9 Å². The van der Waals surface area contributed by atoms with Crippen LogP contribution < -0.4 is 0 Å². The Balaban J connectivity index is 3.64. The molecule has 2 heteroatoms. The molecule has 0 spiro atoms. The van der Waals surface area contributed by atoms with E-state index >= 15 is 0 Å². The van der Waals surface area contributed by atoms with Gasteiger partial charge in [-0.1, -0.05) is 24.7 Å². The summed E-state index contributed by atoms with van der Waals surface area (Å²) in [6.45, 7) is 8.54. The molecule has 0 nitrogen and oxygen atoms in total. The Hall–Kier alpha value is 0.247. The average molecular weight is 163 g/mol. The van der Waals surface area contributed by atoms with Gasteiger partial charge in [0.1, 0.15) is 0 Å². The fourth-order valence-corrected chi connectivity index (χ4v) is 1.57. The lowest BCUT2D eigenvalue weighted by Crippen LogP contribution is -2.13. The average Bonchev–Trinajstić information content (AvgIpc) is 1.59. The van der Waals surface area contributed by atoms with E-state index in [1.54, 1.807) is 0 Å². The van der Waals surface area contributed by atoms with E-state index in [2.05, 4.69) is 33.0 Å². The zero-order chi connectivity index (χ0) is 7.49. The molecular formula is C7H15ClSi. The summed E-state index contributed by atoms with van der Waals surface area (Å²) in [7, 11) is -1.32. The third kappa shape index (κ3) is 8.25. The topological polar surface area (TPSA) is 0 Å². The van der Waals surface area contributed by atoms with Gasteiger partial charge in [0.2, 0.25) is 0 Å². The van der Waals surface area contributed by atoms with Crippen molar-refractivity contribution in [3.63, 3.8) is 0 Å². The summed E-state index contributed by atoms with van der Waals surface area (Å²) in [5.74, 6) is 0. The summed E-state index contributed by atoms with van der Waals surface area (Å²) in [4.78, 5) is 0. The first-order valence-electron chi connectivity index (χ1n) is 3.24. The van der Waals surface area contributed by atoms with E-state index in [0.29, 0.717) is 0 Å². The molecule has 0 aliphatic carbocycles. The molecule has 0 saturated heterocycles. The number of rotatable bonds is 2. The lowest BCUT2D eigenvalue weighted by molar-refractivity contribution is 1.35. The summed E-state index contributed by atoms with van der Waals surface area (Å²) in [5.41, 5.74) is 1.37. The number of allylic oxidation sites excluding steroid dienone is 2. The van der Waals surface area contributed by atoms with Crippen LogP contribution in [0.5, 0.6) is 0 Å². The molecule has 0 aromatic carbocycles. The maximum absolute atomic E-state index is 6.07. The monoisotopic (exact) mass is 162 g/mol. The van der Waals surface area contributed by atoms with Crippen LogP contribution in [-0.4, -0.2) is 7.38 Å². The summed E-state index contributed by atoms with van der Waals surface area (Å²) in [5, 5.41) is 0. The van der Waals surface area contributed by atoms with Crippen molar-refractivity contribution >= 4 is 18.5 Å². The zero-order valence-corrected chi connectivity index (χ0v) is 8.42. The van der Waals surface area contributed by atoms with Crippen molar-refractivity contribution in [2.24, 2.45) is 0 Å². The van der Waals surface area contributed by atoms with Crippen molar-refractivity contribution in [2.75, 3.05) is 0 Å². The molecular weight excluding hydrogens is 148 g/mol. The normalized spacial score (nSPS) is 11.2. The van der Waals surface area contributed by atoms with Gasteiger partial charge in [-0.2, -0.15) is 11.1 Å². The van der Waals surface area contributed by atoms with Crippen LogP contribution in [0.3, 0.4) is 0 Å². The van der Waals surface area contributed by atoms with Gasteiger partial charge in [-0.25, -0.2) is 0 Å². The SMILES string of the molecule is CC(C)=CC[Si](C)(C)Cl. The van der Waals surface area contributed by atoms with Gasteiger partial charge < -0.3 is 0 Å². The first-order chi connectivity index (χ1) is 3.92. The van der Waals surface area contributed by atoms with E-state index in [4.69, 9.17) is 11.1 Å². The van der Waals surface area contributed by atoms with Crippen molar-refractivity contribution in [2.45, 2.75) is 33.0 Å². The van der Waals surface area contributed by atoms with Gasteiger partial charge in [0.25, 0.3) is 0 Å². The van der Waals surface area contributed by atoms with Gasteiger partial charge in [0, 0.05) is 0 Å². The minimum absolute atomic E-state index is 1.09. The molecule has 0 unspecified atom stereocenters. The Labute approximate surface area is 63.6 Å².